The summed E-state index contributed by atoms with van der Waals surface area (Å²) in [6, 6.07) is 5.88. The van der Waals surface area contributed by atoms with Crippen LogP contribution in [0.5, 0.6) is 0 Å². The Hall–Kier alpha value is -3.68. The first kappa shape index (κ1) is 19.1. The number of rotatable bonds is 3. The lowest BCUT2D eigenvalue weighted by Crippen LogP contribution is -2.52. The summed E-state index contributed by atoms with van der Waals surface area (Å²) in [4.78, 5) is 48.1. The van der Waals surface area contributed by atoms with Gasteiger partial charge in [0.1, 0.15) is 5.57 Å². The molecule has 0 bridgehead atoms. The van der Waals surface area contributed by atoms with Gasteiger partial charge in [0.15, 0.2) is 0 Å². The molecule has 2 aromatic rings. The van der Waals surface area contributed by atoms with Gasteiger partial charge in [0.2, 0.25) is 0 Å². The number of nitrogens with one attached hydrogen (secondary N) is 1. The number of likely N-dealkylation sites (N-methyl/N-ethyl adjacent to an activating group) is 1. The average molecular weight is 381 g/mol. The molecule has 0 atom stereocenters. The predicted octanol–water partition coefficient (Wildman–Crippen LogP) is 2.19. The van der Waals surface area contributed by atoms with Gasteiger partial charge < -0.3 is 9.67 Å². The number of hydrogen-bond donors (Lipinski definition) is 2. The summed E-state index contributed by atoms with van der Waals surface area (Å²) in [6.07, 6.45) is 1.44. The molecule has 8 heteroatoms. The van der Waals surface area contributed by atoms with E-state index < -0.39 is 23.8 Å². The summed E-state index contributed by atoms with van der Waals surface area (Å²) >= 11 is 0. The maximum Gasteiger partial charge on any atom is 0.335 e. The number of carbonyl (C=O) groups excluding carboxylic acids is 3. The van der Waals surface area contributed by atoms with E-state index in [-0.39, 0.29) is 11.1 Å². The molecule has 0 aliphatic carbocycles. The minimum atomic E-state index is -1.02. The van der Waals surface area contributed by atoms with E-state index in [4.69, 9.17) is 0 Å². The third-order valence-corrected chi connectivity index (χ3v) is 4.77. The molecule has 1 aromatic carbocycles. The van der Waals surface area contributed by atoms with Crippen LogP contribution in [-0.4, -0.2) is 45.4 Å². The Labute approximate surface area is 161 Å². The molecule has 1 fully saturated rings. The quantitative estimate of drug-likeness (QED) is 0.626. The standard InChI is InChI=1S/C20H19N3O5/c1-10-5-6-13(19(26)27)9-16(10)23-11(2)7-14(12(23)3)8-15-17(24)21-20(28)22(4)18(15)25/h5-9H,1-4H3,(H,26,27)(H,21,24,28)/b15-8-. The zero-order valence-electron chi connectivity index (χ0n) is 15.9. The largest absolute Gasteiger partial charge is 0.478 e. The molecule has 1 saturated heterocycles. The summed E-state index contributed by atoms with van der Waals surface area (Å²) in [5, 5.41) is 11.4. The van der Waals surface area contributed by atoms with Gasteiger partial charge in [-0.2, -0.15) is 0 Å². The van der Waals surface area contributed by atoms with Crippen molar-refractivity contribution < 1.29 is 24.3 Å². The lowest BCUT2D eigenvalue weighted by atomic mass is 10.1. The van der Waals surface area contributed by atoms with E-state index in [0.29, 0.717) is 11.3 Å². The highest BCUT2D eigenvalue weighted by molar-refractivity contribution is 6.30. The van der Waals surface area contributed by atoms with Gasteiger partial charge in [0.05, 0.1) is 5.56 Å². The van der Waals surface area contributed by atoms with Crippen LogP contribution >= 0.6 is 0 Å². The number of hydrogen-bond acceptors (Lipinski definition) is 4. The SMILES string of the molecule is Cc1ccc(C(=O)O)cc1-n1c(C)cc(/C=C2/C(=O)NC(=O)N(C)C2=O)c1C. The fraction of sp³-hybridized carbons (Fsp3) is 0.200. The number of aryl methyl sites for hydroxylation is 2. The van der Waals surface area contributed by atoms with E-state index >= 15 is 0 Å². The molecule has 1 aliphatic heterocycles. The second-order valence-corrected chi connectivity index (χ2v) is 6.65. The number of carbonyl (C=O) groups is 4. The van der Waals surface area contributed by atoms with Crippen LogP contribution in [0.2, 0.25) is 0 Å². The van der Waals surface area contributed by atoms with Crippen molar-refractivity contribution in [3.63, 3.8) is 0 Å². The van der Waals surface area contributed by atoms with Gasteiger partial charge in [-0.1, -0.05) is 6.07 Å². The third-order valence-electron chi connectivity index (χ3n) is 4.77. The highest BCUT2D eigenvalue weighted by Gasteiger charge is 2.33. The predicted molar refractivity (Wildman–Crippen MR) is 101 cm³/mol. The number of imide groups is 2. The second-order valence-electron chi connectivity index (χ2n) is 6.65. The van der Waals surface area contributed by atoms with Crippen molar-refractivity contribution in [3.05, 3.63) is 57.9 Å². The van der Waals surface area contributed by atoms with Crippen LogP contribution < -0.4 is 5.32 Å². The minimum absolute atomic E-state index is 0.140. The Bertz CT molecular complexity index is 1080. The number of barbiturate groups is 1. The Morgan fingerprint density at radius 1 is 1.11 bits per heavy atom. The molecule has 0 spiro atoms. The fourth-order valence-corrected chi connectivity index (χ4v) is 3.19. The van der Waals surface area contributed by atoms with E-state index in [1.54, 1.807) is 18.2 Å². The lowest BCUT2D eigenvalue weighted by molar-refractivity contribution is -0.129. The molecule has 2 N–H and O–H groups in total. The number of urea groups is 1. The van der Waals surface area contributed by atoms with Gasteiger partial charge in [-0.25, -0.2) is 9.59 Å². The minimum Gasteiger partial charge on any atom is -0.478 e. The van der Waals surface area contributed by atoms with Gasteiger partial charge in [0.25, 0.3) is 11.8 Å². The van der Waals surface area contributed by atoms with Crippen LogP contribution in [0.1, 0.15) is 32.9 Å². The Balaban J connectivity index is 2.13. The van der Waals surface area contributed by atoms with E-state index in [1.165, 1.54) is 19.2 Å². The molecule has 8 nitrogen and oxygen atoms in total. The number of aromatic nitrogens is 1. The van der Waals surface area contributed by atoms with Gasteiger partial charge >= 0.3 is 12.0 Å². The van der Waals surface area contributed by atoms with E-state index in [2.05, 4.69) is 5.32 Å². The highest BCUT2D eigenvalue weighted by Crippen LogP contribution is 2.26. The summed E-state index contributed by atoms with van der Waals surface area (Å²) in [7, 11) is 1.29. The summed E-state index contributed by atoms with van der Waals surface area (Å²) in [6.45, 7) is 5.53. The van der Waals surface area contributed by atoms with Crippen molar-refractivity contribution in [2.45, 2.75) is 20.8 Å². The molecule has 4 amide bonds. The third kappa shape index (κ3) is 3.09. The lowest BCUT2D eigenvalue weighted by Gasteiger charge is -2.22. The van der Waals surface area contributed by atoms with Crippen molar-refractivity contribution in [1.29, 1.82) is 0 Å². The Morgan fingerprint density at radius 3 is 2.43 bits per heavy atom. The van der Waals surface area contributed by atoms with Crippen LogP contribution in [0.3, 0.4) is 0 Å². The topological polar surface area (TPSA) is 109 Å². The van der Waals surface area contributed by atoms with Crippen molar-refractivity contribution >= 4 is 29.9 Å². The zero-order valence-corrected chi connectivity index (χ0v) is 15.9. The van der Waals surface area contributed by atoms with E-state index in [1.807, 2.05) is 25.3 Å². The number of carboxylic acids is 1. The first-order valence-electron chi connectivity index (χ1n) is 8.50. The number of carboxylic acid groups (broad SMARTS) is 1. The normalized spacial score (nSPS) is 15.9. The van der Waals surface area contributed by atoms with Crippen LogP contribution in [-0.2, 0) is 9.59 Å². The Morgan fingerprint density at radius 2 is 1.79 bits per heavy atom. The molecule has 3 rings (SSSR count). The second kappa shape index (κ2) is 6.80. The number of amides is 4. The van der Waals surface area contributed by atoms with Crippen molar-refractivity contribution in [3.8, 4) is 5.69 Å². The first-order chi connectivity index (χ1) is 13.1. The van der Waals surface area contributed by atoms with Crippen LogP contribution in [0.4, 0.5) is 4.79 Å². The molecule has 1 aliphatic rings. The maximum absolute atomic E-state index is 12.3. The van der Waals surface area contributed by atoms with E-state index in [0.717, 1.165) is 21.9 Å². The smallest absolute Gasteiger partial charge is 0.335 e. The summed E-state index contributed by atoms with van der Waals surface area (Å²) < 4.78 is 1.87. The van der Waals surface area contributed by atoms with Crippen LogP contribution in [0, 0.1) is 20.8 Å². The molecule has 144 valence electrons. The average Bonchev–Trinajstić information content (AvgIpc) is 2.90. The van der Waals surface area contributed by atoms with Crippen molar-refractivity contribution in [2.75, 3.05) is 7.05 Å². The highest BCUT2D eigenvalue weighted by atomic mass is 16.4. The molecule has 2 heterocycles. The van der Waals surface area contributed by atoms with Gasteiger partial charge in [0, 0.05) is 24.1 Å². The number of benzene rings is 1. The first-order valence-corrected chi connectivity index (χ1v) is 8.50. The van der Waals surface area contributed by atoms with Gasteiger partial charge in [-0.05, 0) is 56.2 Å². The summed E-state index contributed by atoms with van der Waals surface area (Å²) in [5.74, 6) is -2.45. The van der Waals surface area contributed by atoms with Gasteiger partial charge in [-0.3, -0.25) is 19.8 Å². The maximum atomic E-state index is 12.3. The molecule has 0 radical (unpaired) electrons. The molecule has 1 aromatic heterocycles. The molecule has 28 heavy (non-hydrogen) atoms. The molecule has 0 saturated carbocycles. The molecular formula is C20H19N3O5. The zero-order chi connectivity index (χ0) is 20.7. The van der Waals surface area contributed by atoms with Crippen LogP contribution in [0.25, 0.3) is 11.8 Å². The van der Waals surface area contributed by atoms with E-state index in [9.17, 15) is 24.3 Å². The summed E-state index contributed by atoms with van der Waals surface area (Å²) in [5.41, 5.74) is 3.76. The van der Waals surface area contributed by atoms with Crippen molar-refractivity contribution in [2.24, 2.45) is 0 Å². The molecular weight excluding hydrogens is 362 g/mol. The fourth-order valence-electron chi connectivity index (χ4n) is 3.19. The van der Waals surface area contributed by atoms with Crippen LogP contribution in [0.15, 0.2) is 29.8 Å². The Kier molecular flexibility index (Phi) is 4.64. The van der Waals surface area contributed by atoms with Crippen molar-refractivity contribution in [1.82, 2.24) is 14.8 Å². The number of nitrogens with zero attached hydrogens (tertiary/aromatic N) is 2. The van der Waals surface area contributed by atoms with Gasteiger partial charge in [-0.15, -0.1) is 0 Å². The number of aromatic carboxylic acids is 1. The molecule has 0 unspecified atom stereocenters. The monoisotopic (exact) mass is 381 g/mol.